The van der Waals surface area contributed by atoms with Crippen molar-refractivity contribution < 1.29 is 17.5 Å². The highest BCUT2D eigenvalue weighted by molar-refractivity contribution is 8.13. The van der Waals surface area contributed by atoms with Crippen LogP contribution in [0.25, 0.3) is 0 Å². The van der Waals surface area contributed by atoms with Crippen LogP contribution in [0.1, 0.15) is 25.0 Å². The van der Waals surface area contributed by atoms with Crippen molar-refractivity contribution in [2.75, 3.05) is 0 Å². The summed E-state index contributed by atoms with van der Waals surface area (Å²) in [4.78, 5) is 4.49. The molecule has 23 heavy (non-hydrogen) atoms. The Morgan fingerprint density at radius 1 is 1.13 bits per heavy atom. The number of benzene rings is 2. The van der Waals surface area contributed by atoms with Crippen LogP contribution in [-0.4, -0.2) is 19.9 Å². The Kier molecular flexibility index (Phi) is 3.69. The second kappa shape index (κ2) is 5.32. The van der Waals surface area contributed by atoms with Crippen molar-refractivity contribution >= 4 is 25.4 Å². The van der Waals surface area contributed by atoms with Gasteiger partial charge in [0.05, 0.1) is 10.6 Å². The van der Waals surface area contributed by atoms with Crippen LogP contribution in [0, 0.1) is 5.82 Å². The number of aliphatic imine (C=N–C) groups is 1. The van der Waals surface area contributed by atoms with Crippen molar-refractivity contribution in [2.45, 2.75) is 24.5 Å². The van der Waals surface area contributed by atoms with E-state index in [1.165, 1.54) is 24.3 Å². The highest BCUT2D eigenvalue weighted by atomic mass is 35.7. The normalized spacial score (nSPS) is 16.3. The van der Waals surface area contributed by atoms with E-state index in [4.69, 9.17) is 15.4 Å². The van der Waals surface area contributed by atoms with Crippen LogP contribution in [0.4, 0.5) is 4.39 Å². The molecule has 0 amide bonds. The molecule has 1 heterocycles. The minimum Gasteiger partial charge on any atom is -0.466 e. The molecule has 120 valence electrons. The Morgan fingerprint density at radius 3 is 2.39 bits per heavy atom. The molecule has 0 radical (unpaired) electrons. The van der Waals surface area contributed by atoms with E-state index in [-0.39, 0.29) is 10.7 Å². The molecule has 0 saturated heterocycles. The van der Waals surface area contributed by atoms with E-state index in [1.54, 1.807) is 32.0 Å². The summed E-state index contributed by atoms with van der Waals surface area (Å²) in [6, 6.07) is 10.3. The fourth-order valence-electron chi connectivity index (χ4n) is 2.38. The molecule has 0 saturated carbocycles. The summed E-state index contributed by atoms with van der Waals surface area (Å²) in [5.41, 5.74) is 1.06. The lowest BCUT2D eigenvalue weighted by Crippen LogP contribution is -2.32. The summed E-state index contributed by atoms with van der Waals surface area (Å²) < 4.78 is 41.9. The van der Waals surface area contributed by atoms with Gasteiger partial charge in [0.2, 0.25) is 0 Å². The van der Waals surface area contributed by atoms with Gasteiger partial charge in [-0.3, -0.25) is 0 Å². The van der Waals surface area contributed by atoms with Crippen molar-refractivity contribution in [1.82, 2.24) is 0 Å². The first-order valence-electron chi connectivity index (χ1n) is 6.80. The van der Waals surface area contributed by atoms with Crippen molar-refractivity contribution in [3.63, 3.8) is 0 Å². The fraction of sp³-hybridized carbons (Fsp3) is 0.188. The maximum Gasteiger partial charge on any atom is 0.261 e. The summed E-state index contributed by atoms with van der Waals surface area (Å²) in [6.45, 7) is 3.50. The molecule has 1 aliphatic rings. The molecule has 0 fully saturated rings. The number of nitrogens with zero attached hydrogens (tertiary/aromatic N) is 1. The molecule has 3 rings (SSSR count). The number of hydrogen-bond donors (Lipinski definition) is 0. The van der Waals surface area contributed by atoms with Gasteiger partial charge in [-0.1, -0.05) is 0 Å². The van der Waals surface area contributed by atoms with E-state index in [0.29, 0.717) is 22.6 Å². The Bertz CT molecular complexity index is 905. The summed E-state index contributed by atoms with van der Waals surface area (Å²) in [7, 11) is 1.53. The van der Waals surface area contributed by atoms with Gasteiger partial charge in [-0.15, -0.1) is 0 Å². The molecule has 0 spiro atoms. The first-order chi connectivity index (χ1) is 10.7. The van der Waals surface area contributed by atoms with Crippen LogP contribution in [0.5, 0.6) is 5.75 Å². The van der Waals surface area contributed by atoms with Gasteiger partial charge in [0.1, 0.15) is 11.6 Å². The molecule has 0 unspecified atom stereocenters. The lowest BCUT2D eigenvalue weighted by atomic mass is 9.99. The third kappa shape index (κ3) is 3.23. The highest BCUT2D eigenvalue weighted by Gasteiger charge is 2.29. The predicted molar refractivity (Wildman–Crippen MR) is 86.2 cm³/mol. The topological polar surface area (TPSA) is 55.7 Å². The van der Waals surface area contributed by atoms with Gasteiger partial charge < -0.3 is 4.74 Å². The zero-order valence-corrected chi connectivity index (χ0v) is 14.0. The highest BCUT2D eigenvalue weighted by Crippen LogP contribution is 2.35. The molecule has 0 bridgehead atoms. The van der Waals surface area contributed by atoms with Crippen molar-refractivity contribution in [3.8, 4) is 5.75 Å². The Hall–Kier alpha value is -1.92. The minimum absolute atomic E-state index is 0.0472. The number of hydrogen-bond acceptors (Lipinski definition) is 4. The Morgan fingerprint density at radius 2 is 1.78 bits per heavy atom. The van der Waals surface area contributed by atoms with Crippen molar-refractivity contribution in [3.05, 3.63) is 59.4 Å². The summed E-state index contributed by atoms with van der Waals surface area (Å²) in [6.07, 6.45) is 0. The Labute approximate surface area is 138 Å². The first-order valence-corrected chi connectivity index (χ1v) is 9.10. The third-order valence-corrected chi connectivity index (χ3v) is 4.70. The smallest absolute Gasteiger partial charge is 0.261 e. The molecule has 0 N–H and O–H groups in total. The summed E-state index contributed by atoms with van der Waals surface area (Å²) >= 11 is 0. The van der Waals surface area contributed by atoms with Crippen LogP contribution >= 0.6 is 10.7 Å². The third-order valence-electron chi connectivity index (χ3n) is 3.35. The van der Waals surface area contributed by atoms with Gasteiger partial charge in [-0.2, -0.15) is 0 Å². The lowest BCUT2D eigenvalue weighted by Gasteiger charge is -2.30. The van der Waals surface area contributed by atoms with Gasteiger partial charge >= 0.3 is 0 Å². The van der Waals surface area contributed by atoms with E-state index < -0.39 is 14.8 Å². The standard InChI is InChI=1S/C16H13ClFNO3S/c1-16(2)19-15(10-3-5-11(18)6-4-10)13-8-7-12(23(17,20)21)9-14(13)22-16/h3-9H,1-2H3. The first kappa shape index (κ1) is 16.0. The van der Waals surface area contributed by atoms with Crippen molar-refractivity contribution in [1.29, 1.82) is 0 Å². The largest absolute Gasteiger partial charge is 0.466 e. The van der Waals surface area contributed by atoms with Crippen molar-refractivity contribution in [2.24, 2.45) is 4.99 Å². The van der Waals surface area contributed by atoms with Gasteiger partial charge in [-0.05, 0) is 50.2 Å². The Balaban J connectivity index is 2.18. The van der Waals surface area contributed by atoms with Gasteiger partial charge in [0.25, 0.3) is 9.05 Å². The van der Waals surface area contributed by atoms with Gasteiger partial charge in [0.15, 0.2) is 5.72 Å². The molecule has 0 aliphatic carbocycles. The summed E-state index contributed by atoms with van der Waals surface area (Å²) in [5, 5.41) is 0. The molecule has 2 aromatic rings. The second-order valence-electron chi connectivity index (χ2n) is 5.61. The minimum atomic E-state index is -3.86. The SMILES string of the molecule is CC1(C)N=C(c2ccc(F)cc2)c2ccc(S(=O)(=O)Cl)cc2O1. The molecule has 0 aromatic heterocycles. The molecule has 1 aliphatic heterocycles. The lowest BCUT2D eigenvalue weighted by molar-refractivity contribution is 0.115. The average molecular weight is 354 g/mol. The van der Waals surface area contributed by atoms with Gasteiger partial charge in [-0.25, -0.2) is 17.8 Å². The molecular formula is C16H13ClFNO3S. The quantitative estimate of drug-likeness (QED) is 0.773. The predicted octanol–water partition coefficient (Wildman–Crippen LogP) is 3.72. The number of rotatable bonds is 2. The van der Waals surface area contributed by atoms with E-state index in [2.05, 4.69) is 4.99 Å². The molecule has 7 heteroatoms. The van der Waals surface area contributed by atoms with Crippen LogP contribution in [0.3, 0.4) is 0 Å². The van der Waals surface area contributed by atoms with E-state index in [0.717, 1.165) is 0 Å². The van der Waals surface area contributed by atoms with Crippen LogP contribution < -0.4 is 4.74 Å². The maximum absolute atomic E-state index is 13.1. The number of fused-ring (bicyclic) bond motifs is 1. The number of ether oxygens (including phenoxy) is 1. The fourth-order valence-corrected chi connectivity index (χ4v) is 3.15. The number of halogens is 2. The molecule has 0 atom stereocenters. The van der Waals surface area contributed by atoms with E-state index >= 15 is 0 Å². The maximum atomic E-state index is 13.1. The molecule has 2 aromatic carbocycles. The van der Waals surface area contributed by atoms with E-state index in [1.807, 2.05) is 0 Å². The second-order valence-corrected chi connectivity index (χ2v) is 8.18. The molecule has 4 nitrogen and oxygen atoms in total. The van der Waals surface area contributed by atoms with Crippen LogP contribution in [0.15, 0.2) is 52.4 Å². The van der Waals surface area contributed by atoms with E-state index in [9.17, 15) is 12.8 Å². The van der Waals surface area contributed by atoms with Crippen LogP contribution in [-0.2, 0) is 9.05 Å². The zero-order valence-electron chi connectivity index (χ0n) is 12.4. The zero-order chi connectivity index (χ0) is 16.8. The average Bonchev–Trinajstić information content (AvgIpc) is 2.44. The monoisotopic (exact) mass is 353 g/mol. The van der Waals surface area contributed by atoms with Crippen LogP contribution in [0.2, 0.25) is 0 Å². The van der Waals surface area contributed by atoms with Gasteiger partial charge in [0, 0.05) is 27.9 Å². The summed E-state index contributed by atoms with van der Waals surface area (Å²) in [5.74, 6) is 0.0236. The molecular weight excluding hydrogens is 341 g/mol.